The molecule has 0 spiro atoms. The monoisotopic (exact) mass is 134 g/mol. The third kappa shape index (κ3) is 292. The fourth-order valence-electron chi connectivity index (χ4n) is 0. The minimum atomic E-state index is 0. The first-order valence-electron chi connectivity index (χ1n) is 2.31. The van der Waals surface area contributed by atoms with E-state index in [-0.39, 0.29) is 21.7 Å². The first-order valence-corrected chi connectivity index (χ1v) is 2.31. The third-order valence-electron chi connectivity index (χ3n) is 0. The van der Waals surface area contributed by atoms with Gasteiger partial charge in [-0.1, -0.05) is 0 Å². The van der Waals surface area contributed by atoms with Crippen molar-refractivity contribution in [1.82, 2.24) is 0 Å². The summed E-state index contributed by atoms with van der Waals surface area (Å²) in [7, 11) is 0. The number of hydrogen-bond donors (Lipinski definition) is 0. The van der Waals surface area contributed by atoms with Gasteiger partial charge in [-0.25, -0.2) is 0 Å². The molecule has 0 nitrogen and oxygen atoms in total. The van der Waals surface area contributed by atoms with Crippen molar-refractivity contribution >= 4 is 0 Å². The molecule has 0 atom stereocenters. The molecule has 0 bridgehead atoms. The SMILES string of the molecule is C[CH-]C.C[CH-]C.[Ti+2]. The molecule has 1 heteroatoms. The van der Waals surface area contributed by atoms with Crippen molar-refractivity contribution in [3.8, 4) is 0 Å². The molecule has 0 amide bonds. The molecule has 0 aliphatic carbocycles. The largest absolute Gasteiger partial charge is 2.00 e. The zero-order valence-electron chi connectivity index (χ0n) is 5.65. The zero-order chi connectivity index (χ0) is 5.41. The Morgan fingerprint density at radius 1 is 0.714 bits per heavy atom. The molecule has 7 heavy (non-hydrogen) atoms. The van der Waals surface area contributed by atoms with Gasteiger partial charge >= 0.3 is 21.7 Å². The van der Waals surface area contributed by atoms with Gasteiger partial charge in [0.15, 0.2) is 0 Å². The summed E-state index contributed by atoms with van der Waals surface area (Å²) in [4.78, 5) is 0. The van der Waals surface area contributed by atoms with Gasteiger partial charge in [-0.05, 0) is 0 Å². The quantitative estimate of drug-likeness (QED) is 0.352. The van der Waals surface area contributed by atoms with E-state index in [1.807, 2.05) is 40.5 Å². The average Bonchev–Trinajstić information content (AvgIpc) is 1.39. The van der Waals surface area contributed by atoms with Crippen molar-refractivity contribution in [2.45, 2.75) is 27.7 Å². The summed E-state index contributed by atoms with van der Waals surface area (Å²) in [6.45, 7) is 8.00. The molecule has 0 rings (SSSR count). The summed E-state index contributed by atoms with van der Waals surface area (Å²) in [5.74, 6) is 0. The van der Waals surface area contributed by atoms with Crippen LogP contribution in [-0.4, -0.2) is 0 Å². The van der Waals surface area contributed by atoms with Gasteiger partial charge in [-0.15, -0.1) is 0 Å². The second-order valence-electron chi connectivity index (χ2n) is 1.15. The fraction of sp³-hybridized carbons (Fsp3) is 0.667. The summed E-state index contributed by atoms with van der Waals surface area (Å²) in [6, 6.07) is 0. The second kappa shape index (κ2) is 29.8. The molecular formula is C6H14Ti. The van der Waals surface area contributed by atoms with Gasteiger partial charge in [0.1, 0.15) is 0 Å². The van der Waals surface area contributed by atoms with Crippen LogP contribution < -0.4 is 0 Å². The Morgan fingerprint density at radius 2 is 0.714 bits per heavy atom. The smallest absolute Gasteiger partial charge is 0.335 e. The van der Waals surface area contributed by atoms with Crippen LogP contribution in [0, 0.1) is 12.8 Å². The summed E-state index contributed by atoms with van der Waals surface area (Å²) >= 11 is 0. The van der Waals surface area contributed by atoms with Crippen LogP contribution in [0.1, 0.15) is 27.7 Å². The first-order chi connectivity index (χ1) is 2.83. The second-order valence-corrected chi connectivity index (χ2v) is 1.15. The maximum atomic E-state index is 2.00. The van der Waals surface area contributed by atoms with Crippen LogP contribution in [0.4, 0.5) is 0 Å². The van der Waals surface area contributed by atoms with Gasteiger partial charge < -0.3 is 12.8 Å². The molecule has 0 N–H and O–H groups in total. The van der Waals surface area contributed by atoms with E-state index >= 15 is 0 Å². The Labute approximate surface area is 62.6 Å². The topological polar surface area (TPSA) is 0 Å². The summed E-state index contributed by atoms with van der Waals surface area (Å²) < 4.78 is 0. The molecule has 0 aromatic carbocycles. The molecule has 0 aliphatic heterocycles. The molecule has 0 aromatic rings. The maximum Gasteiger partial charge on any atom is 2.00 e. The Kier molecular flexibility index (Phi) is 66.5. The molecule has 42 valence electrons. The Balaban J connectivity index is -0.0000000400. The molecule has 0 fully saturated rings. The van der Waals surface area contributed by atoms with E-state index in [2.05, 4.69) is 0 Å². The summed E-state index contributed by atoms with van der Waals surface area (Å²) in [6.07, 6.45) is 4.00. The van der Waals surface area contributed by atoms with Gasteiger partial charge in [-0.2, -0.15) is 27.7 Å². The van der Waals surface area contributed by atoms with E-state index in [1.54, 1.807) is 0 Å². The van der Waals surface area contributed by atoms with E-state index in [1.165, 1.54) is 0 Å². The number of rotatable bonds is 0. The van der Waals surface area contributed by atoms with Crippen LogP contribution >= 0.6 is 0 Å². The van der Waals surface area contributed by atoms with Crippen LogP contribution in [0.25, 0.3) is 0 Å². The summed E-state index contributed by atoms with van der Waals surface area (Å²) in [5.41, 5.74) is 0. The van der Waals surface area contributed by atoms with Crippen LogP contribution in [0.2, 0.25) is 0 Å². The fourth-order valence-corrected chi connectivity index (χ4v) is 0. The van der Waals surface area contributed by atoms with E-state index in [4.69, 9.17) is 0 Å². The molecule has 0 saturated heterocycles. The predicted molar refractivity (Wildman–Crippen MR) is 31.3 cm³/mol. The molecule has 0 heterocycles. The van der Waals surface area contributed by atoms with Crippen molar-refractivity contribution in [2.75, 3.05) is 0 Å². The van der Waals surface area contributed by atoms with E-state index < -0.39 is 0 Å². The Hall–Kier alpha value is 0.714. The maximum absolute atomic E-state index is 2.00. The Bertz CT molecular complexity index is 6.14. The average molecular weight is 134 g/mol. The molecule has 0 unspecified atom stereocenters. The zero-order valence-corrected chi connectivity index (χ0v) is 7.22. The van der Waals surface area contributed by atoms with E-state index in [0.29, 0.717) is 0 Å². The summed E-state index contributed by atoms with van der Waals surface area (Å²) in [5, 5.41) is 0. The number of hydrogen-bond acceptors (Lipinski definition) is 0. The third-order valence-corrected chi connectivity index (χ3v) is 0. The van der Waals surface area contributed by atoms with Crippen molar-refractivity contribution < 1.29 is 21.7 Å². The molecular weight excluding hydrogens is 120 g/mol. The van der Waals surface area contributed by atoms with Crippen molar-refractivity contribution in [3.05, 3.63) is 12.8 Å². The van der Waals surface area contributed by atoms with Gasteiger partial charge in [0.25, 0.3) is 0 Å². The minimum Gasteiger partial charge on any atom is -0.335 e. The Morgan fingerprint density at radius 3 is 0.714 bits per heavy atom. The van der Waals surface area contributed by atoms with Crippen LogP contribution in [0.15, 0.2) is 0 Å². The first kappa shape index (κ1) is 15.6. The van der Waals surface area contributed by atoms with Crippen molar-refractivity contribution in [3.63, 3.8) is 0 Å². The molecule has 0 aromatic heterocycles. The normalized spacial score (nSPS) is 5.14. The molecule has 0 aliphatic rings. The van der Waals surface area contributed by atoms with Crippen LogP contribution in [0.3, 0.4) is 0 Å². The van der Waals surface area contributed by atoms with Gasteiger partial charge in [0.2, 0.25) is 0 Å². The van der Waals surface area contributed by atoms with Gasteiger partial charge in [0, 0.05) is 0 Å². The standard InChI is InChI=1S/2C3H7.Ti/c2*1-3-2;/h2*3H,1-2H3;/q2*-1;+2. The van der Waals surface area contributed by atoms with Crippen molar-refractivity contribution in [1.29, 1.82) is 0 Å². The van der Waals surface area contributed by atoms with E-state index in [0.717, 1.165) is 0 Å². The van der Waals surface area contributed by atoms with E-state index in [9.17, 15) is 0 Å². The predicted octanol–water partition coefficient (Wildman–Crippen LogP) is 2.46. The van der Waals surface area contributed by atoms with Crippen molar-refractivity contribution in [2.24, 2.45) is 0 Å². The van der Waals surface area contributed by atoms with Gasteiger partial charge in [-0.3, -0.25) is 0 Å². The van der Waals surface area contributed by atoms with Crippen LogP contribution in [0.5, 0.6) is 0 Å². The molecule has 0 radical (unpaired) electrons. The van der Waals surface area contributed by atoms with Gasteiger partial charge in [0.05, 0.1) is 0 Å². The molecule has 0 saturated carbocycles. The minimum absolute atomic E-state index is 0. The van der Waals surface area contributed by atoms with Crippen LogP contribution in [-0.2, 0) is 21.7 Å².